The Balaban J connectivity index is 2.55. The van der Waals surface area contributed by atoms with Gasteiger partial charge in [-0.2, -0.15) is 0 Å². The van der Waals surface area contributed by atoms with Crippen LogP contribution in [0.15, 0.2) is 22.7 Å². The Bertz CT molecular complexity index is 528. The van der Waals surface area contributed by atoms with E-state index in [1.807, 2.05) is 0 Å². The van der Waals surface area contributed by atoms with Gasteiger partial charge < -0.3 is 15.0 Å². The lowest BCUT2D eigenvalue weighted by Crippen LogP contribution is -1.90. The number of nitrogens with two attached hydrogens (primary N) is 1. The van der Waals surface area contributed by atoms with E-state index in [0.717, 1.165) is 0 Å². The smallest absolute Gasteiger partial charge is 0.172 e. The third-order valence-electron chi connectivity index (χ3n) is 2.06. The second-order valence-electron chi connectivity index (χ2n) is 3.06. The van der Waals surface area contributed by atoms with E-state index in [2.05, 4.69) is 5.16 Å². The fourth-order valence-electron chi connectivity index (χ4n) is 1.30. The summed E-state index contributed by atoms with van der Waals surface area (Å²) in [5.41, 5.74) is 5.56. The molecule has 0 bridgehead atoms. The van der Waals surface area contributed by atoms with E-state index in [0.29, 0.717) is 0 Å². The number of nitrogens with zero attached hydrogens (tertiary/aromatic N) is 1. The van der Waals surface area contributed by atoms with Gasteiger partial charge in [-0.1, -0.05) is 16.8 Å². The minimum Gasteiger partial charge on any atom is -0.495 e. The summed E-state index contributed by atoms with van der Waals surface area (Å²) in [4.78, 5) is 0. The van der Waals surface area contributed by atoms with Crippen molar-refractivity contribution in [3.63, 3.8) is 0 Å². The highest BCUT2D eigenvalue weighted by molar-refractivity contribution is 6.32. The fourth-order valence-corrected chi connectivity index (χ4v) is 1.54. The van der Waals surface area contributed by atoms with Gasteiger partial charge in [-0.15, -0.1) is 0 Å². The van der Waals surface area contributed by atoms with Crippen molar-refractivity contribution in [3.05, 3.63) is 29.0 Å². The third kappa shape index (κ3) is 1.69. The van der Waals surface area contributed by atoms with Crippen LogP contribution in [0.1, 0.15) is 0 Å². The number of rotatable bonds is 2. The summed E-state index contributed by atoms with van der Waals surface area (Å²) in [7, 11) is 1.41. The van der Waals surface area contributed by atoms with Crippen molar-refractivity contribution in [1.82, 2.24) is 5.16 Å². The maximum Gasteiger partial charge on any atom is 0.172 e. The summed E-state index contributed by atoms with van der Waals surface area (Å²) in [6.07, 6.45) is 0. The average Bonchev–Trinajstić information content (AvgIpc) is 2.69. The highest BCUT2D eigenvalue weighted by Gasteiger charge is 2.16. The number of halogens is 2. The zero-order valence-corrected chi connectivity index (χ0v) is 9.08. The molecule has 0 radical (unpaired) electrons. The molecule has 0 fully saturated rings. The number of anilines is 1. The van der Waals surface area contributed by atoms with E-state index in [1.165, 1.54) is 19.2 Å². The summed E-state index contributed by atoms with van der Waals surface area (Å²) in [6.45, 7) is 0. The topological polar surface area (TPSA) is 61.3 Å². The maximum atomic E-state index is 13.8. The molecule has 1 aromatic carbocycles. The van der Waals surface area contributed by atoms with Crippen LogP contribution in [-0.2, 0) is 0 Å². The number of ether oxygens (including phenoxy) is 1. The van der Waals surface area contributed by atoms with Crippen molar-refractivity contribution >= 4 is 17.4 Å². The van der Waals surface area contributed by atoms with Gasteiger partial charge in [0.15, 0.2) is 17.4 Å². The summed E-state index contributed by atoms with van der Waals surface area (Å²) in [5.74, 6) is 0.0356. The largest absolute Gasteiger partial charge is 0.495 e. The lowest BCUT2D eigenvalue weighted by atomic mass is 10.1. The molecule has 0 atom stereocenters. The summed E-state index contributed by atoms with van der Waals surface area (Å²) in [6, 6.07) is 4.45. The van der Waals surface area contributed by atoms with Gasteiger partial charge in [-0.05, 0) is 12.1 Å². The Morgan fingerprint density at radius 1 is 1.50 bits per heavy atom. The Labute approximate surface area is 95.7 Å². The highest BCUT2D eigenvalue weighted by Crippen LogP contribution is 2.34. The van der Waals surface area contributed by atoms with Crippen molar-refractivity contribution in [2.75, 3.05) is 12.8 Å². The predicted molar refractivity (Wildman–Crippen MR) is 57.9 cm³/mol. The molecule has 0 amide bonds. The van der Waals surface area contributed by atoms with Crippen LogP contribution in [0.2, 0.25) is 5.02 Å². The van der Waals surface area contributed by atoms with E-state index in [4.69, 9.17) is 26.6 Å². The van der Waals surface area contributed by atoms with Crippen LogP contribution in [0.3, 0.4) is 0 Å². The SMILES string of the molecule is COc1ccc(-c2cc(N)no2)c(F)c1Cl. The summed E-state index contributed by atoms with van der Waals surface area (Å²) < 4.78 is 23.5. The van der Waals surface area contributed by atoms with Gasteiger partial charge in [0, 0.05) is 6.07 Å². The minimum atomic E-state index is -0.628. The molecule has 0 unspecified atom stereocenters. The van der Waals surface area contributed by atoms with Crippen LogP contribution >= 0.6 is 11.6 Å². The molecule has 2 N–H and O–H groups in total. The quantitative estimate of drug-likeness (QED) is 0.880. The molecule has 16 heavy (non-hydrogen) atoms. The van der Waals surface area contributed by atoms with Crippen LogP contribution in [0.5, 0.6) is 5.75 Å². The Kier molecular flexibility index (Phi) is 2.70. The first-order chi connectivity index (χ1) is 7.63. The second kappa shape index (κ2) is 4.02. The van der Waals surface area contributed by atoms with Gasteiger partial charge in [0.2, 0.25) is 0 Å². The Morgan fingerprint density at radius 3 is 2.81 bits per heavy atom. The normalized spacial score (nSPS) is 10.4. The lowest BCUT2D eigenvalue weighted by molar-refractivity contribution is 0.410. The molecule has 0 saturated heterocycles. The molecular weight excluding hydrogens is 235 g/mol. The molecule has 0 spiro atoms. The van der Waals surface area contributed by atoms with Crippen LogP contribution in [0, 0.1) is 5.82 Å². The van der Waals surface area contributed by atoms with E-state index in [1.54, 1.807) is 6.07 Å². The van der Waals surface area contributed by atoms with Crippen molar-refractivity contribution in [2.24, 2.45) is 0 Å². The predicted octanol–water partition coefficient (Wildman–Crippen LogP) is 2.72. The average molecular weight is 243 g/mol. The molecule has 2 aromatic rings. The molecule has 1 heterocycles. The van der Waals surface area contributed by atoms with E-state index in [9.17, 15) is 4.39 Å². The first-order valence-corrected chi connectivity index (χ1v) is 4.76. The van der Waals surface area contributed by atoms with Gasteiger partial charge >= 0.3 is 0 Å². The second-order valence-corrected chi connectivity index (χ2v) is 3.44. The van der Waals surface area contributed by atoms with Crippen LogP contribution in [0.25, 0.3) is 11.3 Å². The van der Waals surface area contributed by atoms with Gasteiger partial charge in [0.05, 0.1) is 12.7 Å². The monoisotopic (exact) mass is 242 g/mol. The molecule has 0 aliphatic rings. The molecule has 0 aliphatic carbocycles. The summed E-state index contributed by atoms with van der Waals surface area (Å²) in [5, 5.41) is 3.37. The zero-order valence-electron chi connectivity index (χ0n) is 8.33. The van der Waals surface area contributed by atoms with Gasteiger partial charge in [-0.25, -0.2) is 4.39 Å². The summed E-state index contributed by atoms with van der Waals surface area (Å²) >= 11 is 5.76. The van der Waals surface area contributed by atoms with Gasteiger partial charge in [0.1, 0.15) is 10.8 Å². The van der Waals surface area contributed by atoms with Crippen molar-refractivity contribution in [1.29, 1.82) is 0 Å². The van der Waals surface area contributed by atoms with Gasteiger partial charge in [-0.3, -0.25) is 0 Å². The number of hydrogen-bond donors (Lipinski definition) is 1. The van der Waals surface area contributed by atoms with Crippen LogP contribution < -0.4 is 10.5 Å². The van der Waals surface area contributed by atoms with E-state index >= 15 is 0 Å². The standard InChI is InChI=1S/C10H8ClFN2O2/c1-15-6-3-2-5(10(12)9(6)11)7-4-8(13)14-16-7/h2-4H,1H3,(H2,13,14). The van der Waals surface area contributed by atoms with Gasteiger partial charge in [0.25, 0.3) is 0 Å². The number of hydrogen-bond acceptors (Lipinski definition) is 4. The molecule has 0 aliphatic heterocycles. The minimum absolute atomic E-state index is 0.102. The lowest BCUT2D eigenvalue weighted by Gasteiger charge is -2.05. The van der Waals surface area contributed by atoms with E-state index < -0.39 is 5.82 Å². The molecule has 6 heteroatoms. The maximum absolute atomic E-state index is 13.8. The molecule has 84 valence electrons. The van der Waals surface area contributed by atoms with Crippen molar-refractivity contribution in [3.8, 4) is 17.1 Å². The molecule has 0 saturated carbocycles. The molecule has 4 nitrogen and oxygen atoms in total. The number of aromatic nitrogens is 1. The van der Waals surface area contributed by atoms with E-state index in [-0.39, 0.29) is 27.9 Å². The number of methoxy groups -OCH3 is 1. The first-order valence-electron chi connectivity index (χ1n) is 4.38. The van der Waals surface area contributed by atoms with Crippen molar-refractivity contribution < 1.29 is 13.7 Å². The van der Waals surface area contributed by atoms with Crippen LogP contribution in [0.4, 0.5) is 10.2 Å². The number of nitrogen functional groups attached to an aromatic ring is 1. The molecule has 2 rings (SSSR count). The third-order valence-corrected chi connectivity index (χ3v) is 2.41. The number of benzene rings is 1. The first kappa shape index (κ1) is 10.8. The fraction of sp³-hybridized carbons (Fsp3) is 0.100. The Hall–Kier alpha value is -1.75. The zero-order chi connectivity index (χ0) is 11.7. The van der Waals surface area contributed by atoms with Crippen molar-refractivity contribution in [2.45, 2.75) is 0 Å². The highest BCUT2D eigenvalue weighted by atomic mass is 35.5. The molecular formula is C10H8ClFN2O2. The molecule has 1 aromatic heterocycles. The Morgan fingerprint density at radius 2 is 2.25 bits per heavy atom. The van der Waals surface area contributed by atoms with Crippen LogP contribution in [-0.4, -0.2) is 12.3 Å².